The minimum absolute atomic E-state index is 0.121. The second-order valence-corrected chi connectivity index (χ2v) is 3.64. The van der Waals surface area contributed by atoms with Gasteiger partial charge in [-0.05, 0) is 18.2 Å². The Bertz CT molecular complexity index is 341. The van der Waals surface area contributed by atoms with E-state index in [0.717, 1.165) is 16.2 Å². The summed E-state index contributed by atoms with van der Waals surface area (Å²) >= 11 is 1.71. The van der Waals surface area contributed by atoms with Crippen molar-refractivity contribution in [2.75, 3.05) is 5.75 Å². The summed E-state index contributed by atoms with van der Waals surface area (Å²) in [4.78, 5) is 12.5. The monoisotopic (exact) mass is 176 g/mol. The van der Waals surface area contributed by atoms with Gasteiger partial charge in [-0.25, -0.2) is 0 Å². The zero-order chi connectivity index (χ0) is 8.39. The van der Waals surface area contributed by atoms with Gasteiger partial charge in [-0.15, -0.1) is 11.8 Å². The molecule has 0 saturated carbocycles. The molecule has 0 bridgehead atoms. The molecule has 0 N–H and O–H groups in total. The number of thioether (sulfide) groups is 1. The predicted molar refractivity (Wildman–Crippen MR) is 50.6 cm³/mol. The van der Waals surface area contributed by atoms with Crippen molar-refractivity contribution in [1.82, 2.24) is 0 Å². The van der Waals surface area contributed by atoms with Crippen molar-refractivity contribution >= 4 is 17.5 Å². The number of ketones is 1. The molecule has 12 heavy (non-hydrogen) atoms. The van der Waals surface area contributed by atoms with Gasteiger partial charge in [0.25, 0.3) is 0 Å². The number of benzene rings is 1. The highest BCUT2D eigenvalue weighted by atomic mass is 32.2. The molecule has 1 aromatic rings. The van der Waals surface area contributed by atoms with Gasteiger partial charge in [-0.1, -0.05) is 18.2 Å². The molecule has 1 aliphatic heterocycles. The highest BCUT2D eigenvalue weighted by molar-refractivity contribution is 7.99. The number of hydrogen-bond donors (Lipinski definition) is 0. The number of rotatable bonds is 0. The molecule has 2 heteroatoms. The van der Waals surface area contributed by atoms with Crippen molar-refractivity contribution in [3.8, 4) is 0 Å². The highest BCUT2D eigenvalue weighted by Crippen LogP contribution is 2.25. The van der Waals surface area contributed by atoms with Gasteiger partial charge in [-0.2, -0.15) is 0 Å². The molecule has 1 aromatic carbocycles. The van der Waals surface area contributed by atoms with Crippen molar-refractivity contribution in [1.29, 1.82) is 0 Å². The van der Waals surface area contributed by atoms with Crippen LogP contribution in [-0.4, -0.2) is 11.5 Å². The minimum atomic E-state index is 0.121. The van der Waals surface area contributed by atoms with Crippen LogP contribution in [0.2, 0.25) is 0 Å². The molecule has 1 nitrogen and oxygen atoms in total. The number of carbonyl (C=O) groups is 1. The molecule has 0 amide bonds. The maximum Gasteiger partial charge on any atom is 0.186 e. The van der Waals surface area contributed by atoms with Gasteiger partial charge in [0, 0.05) is 16.2 Å². The van der Waals surface area contributed by atoms with Crippen LogP contribution in [0, 0.1) is 0 Å². The van der Waals surface area contributed by atoms with Crippen molar-refractivity contribution < 1.29 is 4.79 Å². The van der Waals surface area contributed by atoms with Gasteiger partial charge >= 0.3 is 0 Å². The van der Waals surface area contributed by atoms with Gasteiger partial charge in [0.2, 0.25) is 0 Å². The Hall–Kier alpha value is -1.02. The van der Waals surface area contributed by atoms with Crippen LogP contribution in [0.25, 0.3) is 0 Å². The quantitative estimate of drug-likeness (QED) is 0.604. The molecule has 0 fully saturated rings. The van der Waals surface area contributed by atoms with Crippen molar-refractivity contribution in [2.24, 2.45) is 0 Å². The molecule has 0 aromatic heterocycles. The molecular weight excluding hydrogens is 168 g/mol. The molecular formula is C10H8OS. The topological polar surface area (TPSA) is 17.1 Å². The molecule has 60 valence electrons. The molecule has 1 heterocycles. The fourth-order valence-corrected chi connectivity index (χ4v) is 2.05. The average molecular weight is 176 g/mol. The van der Waals surface area contributed by atoms with Crippen LogP contribution in [0.5, 0.6) is 0 Å². The number of carbonyl (C=O) groups excluding carboxylic acids is 1. The number of hydrogen-bond acceptors (Lipinski definition) is 2. The van der Waals surface area contributed by atoms with Gasteiger partial charge in [0.1, 0.15) is 0 Å². The summed E-state index contributed by atoms with van der Waals surface area (Å²) < 4.78 is 0. The molecule has 0 unspecified atom stereocenters. The van der Waals surface area contributed by atoms with E-state index in [1.807, 2.05) is 30.3 Å². The molecule has 2 rings (SSSR count). The maximum atomic E-state index is 11.4. The van der Waals surface area contributed by atoms with E-state index in [-0.39, 0.29) is 5.78 Å². The van der Waals surface area contributed by atoms with Gasteiger partial charge in [0.15, 0.2) is 5.78 Å². The van der Waals surface area contributed by atoms with Crippen molar-refractivity contribution in [3.05, 3.63) is 42.0 Å². The Morgan fingerprint density at radius 1 is 1.25 bits per heavy atom. The summed E-state index contributed by atoms with van der Waals surface area (Å²) in [6, 6.07) is 7.73. The van der Waals surface area contributed by atoms with Crippen LogP contribution in [0.15, 0.2) is 41.3 Å². The third kappa shape index (κ3) is 1.30. The smallest absolute Gasteiger partial charge is 0.186 e. The van der Waals surface area contributed by atoms with Crippen LogP contribution >= 0.6 is 11.8 Å². The summed E-state index contributed by atoms with van der Waals surface area (Å²) in [7, 11) is 0. The van der Waals surface area contributed by atoms with Crippen LogP contribution in [-0.2, 0) is 0 Å². The average Bonchev–Trinajstić information content (AvgIpc) is 2.29. The third-order valence-corrected chi connectivity index (χ3v) is 2.78. The van der Waals surface area contributed by atoms with Crippen LogP contribution in [0.4, 0.5) is 0 Å². The molecule has 0 spiro atoms. The van der Waals surface area contributed by atoms with E-state index < -0.39 is 0 Å². The van der Waals surface area contributed by atoms with E-state index in [1.54, 1.807) is 17.8 Å². The first-order valence-corrected chi connectivity index (χ1v) is 4.79. The molecule has 0 aliphatic carbocycles. The maximum absolute atomic E-state index is 11.4. The third-order valence-electron chi connectivity index (χ3n) is 1.76. The lowest BCUT2D eigenvalue weighted by Crippen LogP contribution is -1.94. The predicted octanol–water partition coefficient (Wildman–Crippen LogP) is 2.53. The summed E-state index contributed by atoms with van der Waals surface area (Å²) in [5.74, 6) is 1.01. The second kappa shape index (κ2) is 3.15. The zero-order valence-corrected chi connectivity index (χ0v) is 7.30. The Morgan fingerprint density at radius 2 is 2.08 bits per heavy atom. The lowest BCUT2D eigenvalue weighted by Gasteiger charge is -2.00. The largest absolute Gasteiger partial charge is 0.289 e. The highest BCUT2D eigenvalue weighted by Gasteiger charge is 2.09. The molecule has 0 radical (unpaired) electrons. The van der Waals surface area contributed by atoms with Gasteiger partial charge in [0.05, 0.1) is 0 Å². The van der Waals surface area contributed by atoms with E-state index in [9.17, 15) is 4.79 Å². The second-order valence-electron chi connectivity index (χ2n) is 2.57. The Labute approximate surface area is 75.5 Å². The van der Waals surface area contributed by atoms with Crippen LogP contribution < -0.4 is 0 Å². The summed E-state index contributed by atoms with van der Waals surface area (Å²) in [6.45, 7) is 0. The van der Waals surface area contributed by atoms with Gasteiger partial charge in [-0.3, -0.25) is 4.79 Å². The van der Waals surface area contributed by atoms with E-state index >= 15 is 0 Å². The van der Waals surface area contributed by atoms with Crippen LogP contribution in [0.3, 0.4) is 0 Å². The first kappa shape index (κ1) is 7.62. The Kier molecular flexibility index (Phi) is 2.00. The lowest BCUT2D eigenvalue weighted by molar-refractivity contribution is 0.104. The van der Waals surface area contributed by atoms with E-state index in [0.29, 0.717) is 0 Å². The standard InChI is InChI=1S/C10H8OS/c11-9-5-3-7-12-10-6-2-1-4-8(9)10/h1-6H,7H2. The lowest BCUT2D eigenvalue weighted by atomic mass is 10.1. The summed E-state index contributed by atoms with van der Waals surface area (Å²) in [5.41, 5.74) is 0.830. The SMILES string of the molecule is O=C1C=CCSc2ccccc21. The van der Waals surface area contributed by atoms with Gasteiger partial charge < -0.3 is 0 Å². The number of fused-ring (bicyclic) bond motifs is 1. The Morgan fingerprint density at radius 3 is 3.00 bits per heavy atom. The first-order valence-electron chi connectivity index (χ1n) is 3.80. The molecule has 0 atom stereocenters. The minimum Gasteiger partial charge on any atom is -0.289 e. The van der Waals surface area contributed by atoms with Crippen molar-refractivity contribution in [3.63, 3.8) is 0 Å². The summed E-state index contributed by atoms with van der Waals surface area (Å²) in [5, 5.41) is 0. The van der Waals surface area contributed by atoms with E-state index in [4.69, 9.17) is 0 Å². The first-order chi connectivity index (χ1) is 5.88. The number of allylic oxidation sites excluding steroid dienone is 1. The van der Waals surface area contributed by atoms with E-state index in [1.165, 1.54) is 0 Å². The van der Waals surface area contributed by atoms with Crippen molar-refractivity contribution in [2.45, 2.75) is 4.90 Å². The normalized spacial score (nSPS) is 15.5. The fraction of sp³-hybridized carbons (Fsp3) is 0.100. The zero-order valence-electron chi connectivity index (χ0n) is 6.49. The fourth-order valence-electron chi connectivity index (χ4n) is 1.18. The summed E-state index contributed by atoms with van der Waals surface area (Å²) in [6.07, 6.45) is 3.56. The van der Waals surface area contributed by atoms with Crippen LogP contribution in [0.1, 0.15) is 10.4 Å². The Balaban J connectivity index is 2.53. The molecule has 0 saturated heterocycles. The van der Waals surface area contributed by atoms with E-state index in [2.05, 4.69) is 0 Å². The molecule has 1 aliphatic rings.